The van der Waals surface area contributed by atoms with E-state index in [-0.39, 0.29) is 0 Å². The summed E-state index contributed by atoms with van der Waals surface area (Å²) in [5, 5.41) is 0.794. The fourth-order valence-electron chi connectivity index (χ4n) is 0.415. The van der Waals surface area contributed by atoms with Crippen LogP contribution in [0.2, 0.25) is 5.02 Å². The van der Waals surface area contributed by atoms with E-state index < -0.39 is 10.6 Å². The van der Waals surface area contributed by atoms with Crippen LogP contribution in [0.4, 0.5) is 7.77 Å². The van der Waals surface area contributed by atoms with Gasteiger partial charge in [-0.1, -0.05) is 37.6 Å². The van der Waals surface area contributed by atoms with Gasteiger partial charge >= 0.3 is 10.6 Å². The van der Waals surface area contributed by atoms with Crippen molar-refractivity contribution >= 4 is 22.2 Å². The van der Waals surface area contributed by atoms with E-state index in [1.807, 2.05) is 30.3 Å². The van der Waals surface area contributed by atoms with Gasteiger partial charge in [0.05, 0.1) is 0 Å². The quantitative estimate of drug-likeness (QED) is 0.622. The van der Waals surface area contributed by atoms with Crippen molar-refractivity contribution in [3.63, 3.8) is 0 Å². The zero-order valence-electron chi connectivity index (χ0n) is 5.75. The normalized spacial score (nSPS) is 9.92. The zero-order chi connectivity index (χ0) is 9.61. The van der Waals surface area contributed by atoms with Crippen molar-refractivity contribution in [1.29, 1.82) is 0 Å². The number of hydrogen-bond donors (Lipinski definition) is 0. The summed E-state index contributed by atoms with van der Waals surface area (Å²) in [6.45, 7) is 0. The van der Waals surface area contributed by atoms with Gasteiger partial charge in [-0.3, -0.25) is 0 Å². The SMILES string of the molecule is Clc1ccccc1.O=S(=O)(F)F. The molecule has 1 aromatic rings. The van der Waals surface area contributed by atoms with Gasteiger partial charge in [0.15, 0.2) is 0 Å². The fourth-order valence-corrected chi connectivity index (χ4v) is 0.560. The molecule has 0 aliphatic heterocycles. The Balaban J connectivity index is 0.000000217. The summed E-state index contributed by atoms with van der Waals surface area (Å²) in [6, 6.07) is 9.44. The van der Waals surface area contributed by atoms with Crippen molar-refractivity contribution < 1.29 is 16.2 Å². The number of hydrogen-bond acceptors (Lipinski definition) is 2. The molecule has 68 valence electrons. The minimum Gasteiger partial charge on any atom is -0.160 e. The first-order valence-corrected chi connectivity index (χ1v) is 4.40. The first kappa shape index (κ1) is 11.3. The molecule has 0 heterocycles. The predicted molar refractivity (Wildman–Crippen MR) is 42.6 cm³/mol. The van der Waals surface area contributed by atoms with Gasteiger partial charge in [0.25, 0.3) is 0 Å². The third kappa shape index (κ3) is 12.0. The van der Waals surface area contributed by atoms with Crippen molar-refractivity contribution in [2.24, 2.45) is 0 Å². The maximum absolute atomic E-state index is 9.99. The number of rotatable bonds is 0. The van der Waals surface area contributed by atoms with Crippen molar-refractivity contribution in [2.75, 3.05) is 0 Å². The van der Waals surface area contributed by atoms with Crippen LogP contribution in [0.3, 0.4) is 0 Å². The monoisotopic (exact) mass is 214 g/mol. The first-order valence-electron chi connectivity index (χ1n) is 2.74. The Hall–Kier alpha value is -0.680. The Morgan fingerprint density at radius 1 is 1.08 bits per heavy atom. The highest BCUT2D eigenvalue weighted by atomic mass is 35.5. The molecule has 0 N–H and O–H groups in total. The lowest BCUT2D eigenvalue weighted by atomic mass is 10.4. The van der Waals surface area contributed by atoms with Gasteiger partial charge in [-0.2, -0.15) is 8.42 Å². The summed E-state index contributed by atoms with van der Waals surface area (Å²) in [6.07, 6.45) is 0. The molecule has 0 saturated carbocycles. The lowest BCUT2D eigenvalue weighted by molar-refractivity contribution is 0.501. The van der Waals surface area contributed by atoms with E-state index in [1.165, 1.54) is 0 Å². The van der Waals surface area contributed by atoms with Crippen molar-refractivity contribution in [1.82, 2.24) is 0 Å². The largest absolute Gasteiger partial charge is 0.476 e. The maximum atomic E-state index is 9.99. The molecule has 0 unspecified atom stereocenters. The van der Waals surface area contributed by atoms with Gasteiger partial charge in [0.1, 0.15) is 0 Å². The minimum atomic E-state index is -5.67. The van der Waals surface area contributed by atoms with E-state index in [4.69, 9.17) is 20.0 Å². The van der Waals surface area contributed by atoms with Gasteiger partial charge in [-0.25, -0.2) is 0 Å². The average Bonchev–Trinajstić information content (AvgIpc) is 1.85. The highest BCUT2D eigenvalue weighted by Gasteiger charge is 1.94. The van der Waals surface area contributed by atoms with E-state index in [1.54, 1.807) is 0 Å². The molecule has 0 aliphatic rings. The van der Waals surface area contributed by atoms with Gasteiger partial charge in [0.2, 0.25) is 0 Å². The molecule has 0 radical (unpaired) electrons. The molecule has 0 saturated heterocycles. The molecule has 0 aliphatic carbocycles. The molecular weight excluding hydrogens is 210 g/mol. The van der Waals surface area contributed by atoms with Gasteiger partial charge in [-0.05, 0) is 12.1 Å². The molecular formula is C6H5ClF2O2S. The Kier molecular flexibility index (Phi) is 4.77. The van der Waals surface area contributed by atoms with Gasteiger partial charge in [-0.15, -0.1) is 0 Å². The summed E-state index contributed by atoms with van der Waals surface area (Å²) < 4.78 is 36.6. The van der Waals surface area contributed by atoms with Crippen molar-refractivity contribution in [3.8, 4) is 0 Å². The topological polar surface area (TPSA) is 34.1 Å². The van der Waals surface area contributed by atoms with Gasteiger partial charge < -0.3 is 0 Å². The van der Waals surface area contributed by atoms with E-state index in [2.05, 4.69) is 0 Å². The van der Waals surface area contributed by atoms with Crippen LogP contribution >= 0.6 is 11.6 Å². The molecule has 1 aromatic carbocycles. The van der Waals surface area contributed by atoms with Gasteiger partial charge in [0, 0.05) is 5.02 Å². The molecule has 0 atom stereocenters. The molecule has 6 heteroatoms. The molecule has 0 aromatic heterocycles. The highest BCUT2D eigenvalue weighted by molar-refractivity contribution is 7.81. The average molecular weight is 215 g/mol. The second kappa shape index (κ2) is 5.05. The molecule has 0 fully saturated rings. The second-order valence-corrected chi connectivity index (χ2v) is 2.87. The molecule has 0 bridgehead atoms. The minimum absolute atomic E-state index is 0.794. The van der Waals surface area contributed by atoms with Crippen LogP contribution in [0.5, 0.6) is 0 Å². The number of halogens is 3. The highest BCUT2D eigenvalue weighted by Crippen LogP contribution is 2.03. The smallest absolute Gasteiger partial charge is 0.160 e. The molecule has 0 amide bonds. The van der Waals surface area contributed by atoms with Crippen LogP contribution < -0.4 is 0 Å². The lowest BCUT2D eigenvalue weighted by Crippen LogP contribution is -1.69. The lowest BCUT2D eigenvalue weighted by Gasteiger charge is -1.80. The second-order valence-electron chi connectivity index (χ2n) is 1.67. The van der Waals surface area contributed by atoms with Crippen molar-refractivity contribution in [2.45, 2.75) is 0 Å². The third-order valence-corrected chi connectivity index (χ3v) is 0.985. The van der Waals surface area contributed by atoms with Crippen LogP contribution in [0.1, 0.15) is 0 Å². The number of benzene rings is 1. The standard InChI is InChI=1S/C6H5Cl.F2O2S/c7-6-4-2-1-3-5-6;1-5(2,3)4/h1-5H;. The third-order valence-electron chi connectivity index (χ3n) is 0.733. The summed E-state index contributed by atoms with van der Waals surface area (Å²) >= 11 is 5.54. The summed E-state index contributed by atoms with van der Waals surface area (Å²) in [5.74, 6) is 0. The zero-order valence-corrected chi connectivity index (χ0v) is 7.32. The Morgan fingerprint density at radius 2 is 1.42 bits per heavy atom. The van der Waals surface area contributed by atoms with Crippen LogP contribution in [0, 0.1) is 0 Å². The molecule has 2 nitrogen and oxygen atoms in total. The summed E-state index contributed by atoms with van der Waals surface area (Å²) in [5.41, 5.74) is 0. The first-order chi connectivity index (χ1) is 5.39. The summed E-state index contributed by atoms with van der Waals surface area (Å²) in [7, 11) is -5.67. The van der Waals surface area contributed by atoms with Crippen molar-refractivity contribution in [3.05, 3.63) is 35.4 Å². The van der Waals surface area contributed by atoms with E-state index in [0.29, 0.717) is 0 Å². The molecule has 0 spiro atoms. The maximum Gasteiger partial charge on any atom is 0.476 e. The fraction of sp³-hybridized carbons (Fsp3) is 0. The van der Waals surface area contributed by atoms with Crippen LogP contribution in [0.25, 0.3) is 0 Å². The summed E-state index contributed by atoms with van der Waals surface area (Å²) in [4.78, 5) is 0. The Bertz CT molecular complexity index is 304. The van der Waals surface area contributed by atoms with E-state index >= 15 is 0 Å². The van der Waals surface area contributed by atoms with E-state index in [9.17, 15) is 7.77 Å². The Morgan fingerprint density at radius 3 is 1.58 bits per heavy atom. The Labute approximate surface area is 74.3 Å². The van der Waals surface area contributed by atoms with Crippen LogP contribution in [0.15, 0.2) is 30.3 Å². The van der Waals surface area contributed by atoms with Crippen LogP contribution in [-0.2, 0) is 10.6 Å². The molecule has 12 heavy (non-hydrogen) atoms. The predicted octanol–water partition coefficient (Wildman–Crippen LogP) is 2.51. The molecule has 1 rings (SSSR count). The van der Waals surface area contributed by atoms with E-state index in [0.717, 1.165) is 5.02 Å². The van der Waals surface area contributed by atoms with Crippen LogP contribution in [-0.4, -0.2) is 8.42 Å².